The van der Waals surface area contributed by atoms with Gasteiger partial charge in [0, 0.05) is 19.0 Å². The van der Waals surface area contributed by atoms with Crippen LogP contribution in [0, 0.1) is 5.92 Å². The van der Waals surface area contributed by atoms with Crippen LogP contribution in [0.1, 0.15) is 44.6 Å². The zero-order valence-corrected chi connectivity index (χ0v) is 13.9. The molecule has 1 aromatic rings. The van der Waals surface area contributed by atoms with Gasteiger partial charge in [0.2, 0.25) is 0 Å². The zero-order valence-electron chi connectivity index (χ0n) is 13.9. The van der Waals surface area contributed by atoms with E-state index in [1.54, 1.807) is 0 Å². The SMILES string of the molecule is CCN1CC[C@@H](OC(=O)[C@](O)(c2ccccc2)C2CCCC2)C1. The van der Waals surface area contributed by atoms with Crippen molar-refractivity contribution in [1.29, 1.82) is 0 Å². The molecule has 0 bridgehead atoms. The van der Waals surface area contributed by atoms with Gasteiger partial charge in [-0.1, -0.05) is 50.1 Å². The van der Waals surface area contributed by atoms with Crippen LogP contribution in [0.25, 0.3) is 0 Å². The van der Waals surface area contributed by atoms with Crippen molar-refractivity contribution in [3.05, 3.63) is 35.9 Å². The largest absolute Gasteiger partial charge is 0.459 e. The van der Waals surface area contributed by atoms with Crippen LogP contribution in [0.4, 0.5) is 0 Å². The first-order chi connectivity index (χ1) is 11.1. The Morgan fingerprint density at radius 2 is 1.96 bits per heavy atom. The van der Waals surface area contributed by atoms with Crippen LogP contribution in [0.2, 0.25) is 0 Å². The van der Waals surface area contributed by atoms with E-state index in [0.717, 1.165) is 51.7 Å². The van der Waals surface area contributed by atoms with Gasteiger partial charge in [-0.05, 0) is 31.4 Å². The van der Waals surface area contributed by atoms with Crippen molar-refractivity contribution in [1.82, 2.24) is 4.90 Å². The highest BCUT2D eigenvalue weighted by Gasteiger charge is 2.48. The van der Waals surface area contributed by atoms with Crippen molar-refractivity contribution < 1.29 is 14.6 Å². The Morgan fingerprint density at radius 1 is 1.26 bits per heavy atom. The van der Waals surface area contributed by atoms with Gasteiger partial charge in [-0.15, -0.1) is 0 Å². The maximum atomic E-state index is 12.9. The van der Waals surface area contributed by atoms with Crippen LogP contribution in [-0.2, 0) is 15.1 Å². The van der Waals surface area contributed by atoms with Crippen molar-refractivity contribution in [2.45, 2.75) is 50.7 Å². The van der Waals surface area contributed by atoms with Gasteiger partial charge < -0.3 is 9.84 Å². The van der Waals surface area contributed by atoms with Gasteiger partial charge in [0.05, 0.1) is 0 Å². The van der Waals surface area contributed by atoms with Crippen LogP contribution in [0.3, 0.4) is 0 Å². The molecule has 3 rings (SSSR count). The highest BCUT2D eigenvalue weighted by molar-refractivity contribution is 5.81. The third kappa shape index (κ3) is 3.29. The molecule has 1 aliphatic heterocycles. The van der Waals surface area contributed by atoms with E-state index in [2.05, 4.69) is 11.8 Å². The van der Waals surface area contributed by atoms with Crippen LogP contribution in [-0.4, -0.2) is 41.7 Å². The molecule has 4 heteroatoms. The van der Waals surface area contributed by atoms with Gasteiger partial charge in [-0.25, -0.2) is 4.79 Å². The van der Waals surface area contributed by atoms with Crippen LogP contribution in [0.15, 0.2) is 30.3 Å². The molecule has 0 amide bonds. The van der Waals surface area contributed by atoms with Crippen molar-refractivity contribution >= 4 is 5.97 Å². The number of carbonyl (C=O) groups excluding carboxylic acids is 1. The second kappa shape index (κ2) is 7.02. The van der Waals surface area contributed by atoms with Crippen molar-refractivity contribution in [2.75, 3.05) is 19.6 Å². The molecule has 4 nitrogen and oxygen atoms in total. The first-order valence-corrected chi connectivity index (χ1v) is 8.86. The average molecular weight is 317 g/mol. The predicted molar refractivity (Wildman–Crippen MR) is 88.9 cm³/mol. The topological polar surface area (TPSA) is 49.8 Å². The Kier molecular flexibility index (Phi) is 5.02. The van der Waals surface area contributed by atoms with E-state index < -0.39 is 11.6 Å². The van der Waals surface area contributed by atoms with E-state index in [9.17, 15) is 9.90 Å². The lowest BCUT2D eigenvalue weighted by Crippen LogP contribution is -2.45. The predicted octanol–water partition coefficient (Wildman–Crippen LogP) is 2.70. The molecule has 1 aromatic carbocycles. The summed E-state index contributed by atoms with van der Waals surface area (Å²) in [7, 11) is 0. The zero-order chi connectivity index (χ0) is 16.3. The molecule has 0 aromatic heterocycles. The molecule has 0 spiro atoms. The molecule has 1 saturated heterocycles. The normalized spacial score (nSPS) is 25.4. The van der Waals surface area contributed by atoms with E-state index in [4.69, 9.17) is 4.74 Å². The summed E-state index contributed by atoms with van der Waals surface area (Å²) in [4.78, 5) is 15.2. The molecule has 0 unspecified atom stereocenters. The fourth-order valence-corrected chi connectivity index (χ4v) is 3.98. The standard InChI is InChI=1S/C19H27NO3/c1-2-20-13-12-17(14-20)23-18(21)19(22,16-10-6-7-11-16)15-8-4-3-5-9-15/h3-5,8-9,16-17,22H,2,6-7,10-14H2,1H3/t17-,19+/m1/s1. The number of likely N-dealkylation sites (tertiary alicyclic amines) is 1. The van der Waals surface area contributed by atoms with Gasteiger partial charge in [0.1, 0.15) is 6.10 Å². The van der Waals surface area contributed by atoms with Gasteiger partial charge in [-0.2, -0.15) is 0 Å². The molecular formula is C19H27NO3. The third-order valence-electron chi connectivity index (χ3n) is 5.42. The molecule has 2 atom stereocenters. The molecule has 1 saturated carbocycles. The molecule has 1 N–H and O–H groups in total. The Hall–Kier alpha value is -1.39. The summed E-state index contributed by atoms with van der Waals surface area (Å²) in [5.41, 5.74) is -0.834. The number of likely N-dealkylation sites (N-methyl/N-ethyl adjacent to an activating group) is 1. The summed E-state index contributed by atoms with van der Waals surface area (Å²) < 4.78 is 5.74. The Bertz CT molecular complexity index is 527. The molecule has 0 radical (unpaired) electrons. The Balaban J connectivity index is 1.79. The van der Waals surface area contributed by atoms with E-state index in [-0.39, 0.29) is 12.0 Å². The van der Waals surface area contributed by atoms with E-state index in [0.29, 0.717) is 5.56 Å². The number of rotatable bonds is 5. The fourth-order valence-electron chi connectivity index (χ4n) is 3.98. The van der Waals surface area contributed by atoms with E-state index in [1.807, 2.05) is 30.3 Å². The lowest BCUT2D eigenvalue weighted by molar-refractivity contribution is -0.178. The Labute approximate surface area is 138 Å². The maximum absolute atomic E-state index is 12.9. The number of carbonyl (C=O) groups is 1. The lowest BCUT2D eigenvalue weighted by atomic mass is 9.80. The monoisotopic (exact) mass is 317 g/mol. The second-order valence-electron chi connectivity index (χ2n) is 6.82. The number of hydrogen-bond acceptors (Lipinski definition) is 4. The van der Waals surface area contributed by atoms with Gasteiger partial charge >= 0.3 is 5.97 Å². The van der Waals surface area contributed by atoms with E-state index >= 15 is 0 Å². The molecule has 23 heavy (non-hydrogen) atoms. The summed E-state index contributed by atoms with van der Waals surface area (Å²) >= 11 is 0. The van der Waals surface area contributed by atoms with Crippen molar-refractivity contribution in [3.8, 4) is 0 Å². The number of aliphatic hydroxyl groups is 1. The first-order valence-electron chi connectivity index (χ1n) is 8.86. The van der Waals surface area contributed by atoms with Crippen LogP contribution < -0.4 is 0 Å². The summed E-state index contributed by atoms with van der Waals surface area (Å²) in [5.74, 6) is -0.500. The molecule has 2 aliphatic rings. The molecular weight excluding hydrogens is 290 g/mol. The summed E-state index contributed by atoms with van der Waals surface area (Å²) in [6, 6.07) is 9.33. The number of hydrogen-bond donors (Lipinski definition) is 1. The van der Waals surface area contributed by atoms with E-state index in [1.165, 1.54) is 0 Å². The summed E-state index contributed by atoms with van der Waals surface area (Å²) in [6.45, 7) is 4.82. The fraction of sp³-hybridized carbons (Fsp3) is 0.632. The Morgan fingerprint density at radius 3 is 2.57 bits per heavy atom. The maximum Gasteiger partial charge on any atom is 0.343 e. The van der Waals surface area contributed by atoms with Gasteiger partial charge in [0.25, 0.3) is 0 Å². The first kappa shape index (κ1) is 16.5. The average Bonchev–Trinajstić information content (AvgIpc) is 3.26. The summed E-state index contributed by atoms with van der Waals surface area (Å²) in [6.07, 6.45) is 4.66. The van der Waals surface area contributed by atoms with Crippen LogP contribution >= 0.6 is 0 Å². The second-order valence-corrected chi connectivity index (χ2v) is 6.82. The molecule has 1 aliphatic carbocycles. The minimum absolute atomic E-state index is 0.0407. The summed E-state index contributed by atoms with van der Waals surface area (Å²) in [5, 5.41) is 11.3. The molecule has 2 fully saturated rings. The van der Waals surface area contributed by atoms with Crippen molar-refractivity contribution in [2.24, 2.45) is 5.92 Å². The number of nitrogens with zero attached hydrogens (tertiary/aromatic N) is 1. The molecule has 1 heterocycles. The number of esters is 1. The van der Waals surface area contributed by atoms with Crippen LogP contribution in [0.5, 0.6) is 0 Å². The van der Waals surface area contributed by atoms with Crippen molar-refractivity contribution in [3.63, 3.8) is 0 Å². The third-order valence-corrected chi connectivity index (χ3v) is 5.42. The minimum Gasteiger partial charge on any atom is -0.459 e. The highest BCUT2D eigenvalue weighted by atomic mass is 16.6. The molecule has 126 valence electrons. The van der Waals surface area contributed by atoms with Gasteiger partial charge in [0.15, 0.2) is 5.60 Å². The quantitative estimate of drug-likeness (QED) is 0.848. The number of ether oxygens (including phenoxy) is 1. The highest BCUT2D eigenvalue weighted by Crippen LogP contribution is 2.41. The smallest absolute Gasteiger partial charge is 0.343 e. The minimum atomic E-state index is -1.50. The van der Waals surface area contributed by atoms with Gasteiger partial charge in [-0.3, -0.25) is 4.90 Å². The number of benzene rings is 1. The lowest BCUT2D eigenvalue weighted by Gasteiger charge is -2.33.